The van der Waals surface area contributed by atoms with Crippen molar-refractivity contribution in [3.8, 4) is 6.07 Å². The van der Waals surface area contributed by atoms with E-state index in [1.807, 2.05) is 25.1 Å². The fourth-order valence-corrected chi connectivity index (χ4v) is 4.24. The van der Waals surface area contributed by atoms with E-state index in [-0.39, 0.29) is 5.75 Å². The van der Waals surface area contributed by atoms with Gasteiger partial charge in [-0.15, -0.1) is 0 Å². The van der Waals surface area contributed by atoms with Gasteiger partial charge in [-0.2, -0.15) is 5.26 Å². The van der Waals surface area contributed by atoms with Crippen LogP contribution in [0.2, 0.25) is 0 Å². The molecule has 0 saturated carbocycles. The van der Waals surface area contributed by atoms with Gasteiger partial charge in [0.25, 0.3) is 0 Å². The van der Waals surface area contributed by atoms with E-state index < -0.39 is 10.0 Å². The van der Waals surface area contributed by atoms with E-state index in [4.69, 9.17) is 4.74 Å². The van der Waals surface area contributed by atoms with Crippen LogP contribution in [0.25, 0.3) is 6.08 Å². The molecule has 0 unspecified atom stereocenters. The van der Waals surface area contributed by atoms with Gasteiger partial charge in [0.2, 0.25) is 10.0 Å². The van der Waals surface area contributed by atoms with E-state index in [0.29, 0.717) is 11.3 Å². The highest BCUT2D eigenvalue weighted by molar-refractivity contribution is 7.92. The van der Waals surface area contributed by atoms with Crippen LogP contribution in [0, 0.1) is 11.3 Å². The van der Waals surface area contributed by atoms with Gasteiger partial charge < -0.3 is 14.5 Å². The molecule has 3 rings (SSSR count). The van der Waals surface area contributed by atoms with E-state index >= 15 is 0 Å². The van der Waals surface area contributed by atoms with Gasteiger partial charge in [0, 0.05) is 56.3 Å². The molecule has 1 N–H and O–H groups in total. The standard InChI is InChI=1S/C24H30N4O3S/c1-4-32(29,30)26-21-7-5-19(6-8-21)17-20(18-25)23-11-9-22(10-12-24(23)27(2)3)28-13-15-31-16-14-28/h5-8,10-12,17,26H,4,9,13-16H2,1-3H3/b20-17+. The van der Waals surface area contributed by atoms with Crippen LogP contribution in [-0.4, -0.2) is 64.4 Å². The number of sulfonamides is 1. The molecule has 1 aliphatic carbocycles. The quantitative estimate of drug-likeness (QED) is 0.636. The topological polar surface area (TPSA) is 85.7 Å². The zero-order chi connectivity index (χ0) is 23.1. The van der Waals surface area contributed by atoms with Crippen molar-refractivity contribution in [2.45, 2.75) is 13.3 Å². The van der Waals surface area contributed by atoms with Crippen LogP contribution in [0.4, 0.5) is 5.69 Å². The van der Waals surface area contributed by atoms with E-state index in [9.17, 15) is 13.7 Å². The summed E-state index contributed by atoms with van der Waals surface area (Å²) in [6.45, 7) is 4.79. The van der Waals surface area contributed by atoms with Crippen LogP contribution in [0.3, 0.4) is 0 Å². The Morgan fingerprint density at radius 3 is 2.50 bits per heavy atom. The minimum Gasteiger partial charge on any atom is -0.378 e. The van der Waals surface area contributed by atoms with Gasteiger partial charge >= 0.3 is 0 Å². The number of anilines is 1. The molecular weight excluding hydrogens is 424 g/mol. The third kappa shape index (κ3) is 6.02. The van der Waals surface area contributed by atoms with E-state index in [0.717, 1.165) is 49.6 Å². The normalized spacial score (nSPS) is 17.5. The van der Waals surface area contributed by atoms with Crippen LogP contribution in [0.1, 0.15) is 18.9 Å². The summed E-state index contributed by atoms with van der Waals surface area (Å²) in [5, 5.41) is 9.94. The molecule has 0 radical (unpaired) electrons. The average molecular weight is 455 g/mol. The number of nitriles is 1. The molecule has 0 amide bonds. The Balaban J connectivity index is 1.87. The van der Waals surface area contributed by atoms with Crippen molar-refractivity contribution in [1.29, 1.82) is 5.26 Å². The maximum atomic E-state index is 11.8. The smallest absolute Gasteiger partial charge is 0.232 e. The molecule has 0 bridgehead atoms. The molecule has 2 aliphatic rings. The summed E-state index contributed by atoms with van der Waals surface area (Å²) in [6, 6.07) is 9.36. The highest BCUT2D eigenvalue weighted by atomic mass is 32.2. The number of likely N-dealkylation sites (N-methyl/N-ethyl adjacent to an activating group) is 1. The Bertz CT molecular complexity index is 1090. The number of morpholine rings is 1. The first kappa shape index (κ1) is 23.6. The first-order chi connectivity index (χ1) is 15.3. The summed E-state index contributed by atoms with van der Waals surface area (Å²) >= 11 is 0. The van der Waals surface area contributed by atoms with Gasteiger partial charge in [-0.1, -0.05) is 18.2 Å². The zero-order valence-electron chi connectivity index (χ0n) is 18.8. The number of hydrogen-bond donors (Lipinski definition) is 1. The average Bonchev–Trinajstić information content (AvgIpc) is 3.02. The third-order valence-electron chi connectivity index (χ3n) is 5.41. The molecule has 1 saturated heterocycles. The third-order valence-corrected chi connectivity index (χ3v) is 6.72. The molecule has 7 nitrogen and oxygen atoms in total. The van der Waals surface area contributed by atoms with E-state index in [2.05, 4.69) is 33.9 Å². The Labute approximate surface area is 191 Å². The van der Waals surface area contributed by atoms with Gasteiger partial charge in [-0.05, 0) is 42.8 Å². The summed E-state index contributed by atoms with van der Waals surface area (Å²) in [5.74, 6) is 0.0154. The highest BCUT2D eigenvalue weighted by Crippen LogP contribution is 2.29. The second-order valence-corrected chi connectivity index (χ2v) is 9.83. The van der Waals surface area contributed by atoms with Crippen LogP contribution in [0.15, 0.2) is 65.0 Å². The van der Waals surface area contributed by atoms with Crippen molar-refractivity contribution in [3.63, 3.8) is 0 Å². The van der Waals surface area contributed by atoms with Crippen molar-refractivity contribution >= 4 is 21.8 Å². The van der Waals surface area contributed by atoms with Crippen LogP contribution >= 0.6 is 0 Å². The van der Waals surface area contributed by atoms with Gasteiger partial charge in [-0.3, -0.25) is 4.72 Å². The van der Waals surface area contributed by atoms with E-state index in [1.54, 1.807) is 31.2 Å². The van der Waals surface area contributed by atoms with Gasteiger partial charge in [0.05, 0.1) is 30.6 Å². The fraction of sp³-hybridized carbons (Fsp3) is 0.375. The van der Waals surface area contributed by atoms with Gasteiger partial charge in [0.15, 0.2) is 0 Å². The lowest BCUT2D eigenvalue weighted by Gasteiger charge is -2.30. The number of nitrogens with one attached hydrogen (secondary N) is 1. The number of rotatable bonds is 7. The molecule has 1 aliphatic heterocycles. The molecule has 0 atom stereocenters. The lowest BCUT2D eigenvalue weighted by Crippen LogP contribution is -2.35. The Morgan fingerprint density at radius 1 is 1.22 bits per heavy atom. The first-order valence-corrected chi connectivity index (χ1v) is 12.3. The van der Waals surface area contributed by atoms with Crippen molar-refractivity contribution in [1.82, 2.24) is 9.80 Å². The van der Waals surface area contributed by atoms with Crippen molar-refractivity contribution < 1.29 is 13.2 Å². The van der Waals surface area contributed by atoms with E-state index in [1.165, 1.54) is 5.70 Å². The van der Waals surface area contributed by atoms with Crippen LogP contribution < -0.4 is 4.72 Å². The van der Waals surface area contributed by atoms with Gasteiger partial charge in [0.1, 0.15) is 0 Å². The monoisotopic (exact) mass is 454 g/mol. The minimum atomic E-state index is -3.32. The molecule has 1 aromatic rings. The molecule has 1 aromatic carbocycles. The molecular formula is C24H30N4O3S. The lowest BCUT2D eigenvalue weighted by atomic mass is 9.99. The number of hydrogen-bond acceptors (Lipinski definition) is 6. The fourth-order valence-electron chi connectivity index (χ4n) is 3.60. The van der Waals surface area contributed by atoms with Crippen molar-refractivity contribution in [3.05, 3.63) is 70.6 Å². The summed E-state index contributed by atoms with van der Waals surface area (Å²) in [5.41, 5.74) is 4.95. The lowest BCUT2D eigenvalue weighted by molar-refractivity contribution is 0.0528. The van der Waals surface area contributed by atoms with Crippen molar-refractivity contribution in [2.75, 3.05) is 50.9 Å². The maximum Gasteiger partial charge on any atom is 0.232 e. The summed E-state index contributed by atoms with van der Waals surface area (Å²) in [6.07, 6.45) is 8.88. The second kappa shape index (κ2) is 10.5. The Hall–Kier alpha value is -3.02. The van der Waals surface area contributed by atoms with Crippen LogP contribution in [0.5, 0.6) is 0 Å². The number of nitrogens with zero attached hydrogens (tertiary/aromatic N) is 3. The van der Waals surface area contributed by atoms with Gasteiger partial charge in [-0.25, -0.2) is 8.42 Å². The molecule has 32 heavy (non-hydrogen) atoms. The second-order valence-electron chi connectivity index (χ2n) is 7.82. The SMILES string of the molecule is CCS(=O)(=O)Nc1ccc(/C=C(\C#N)C2=CCC(N3CCOCC3)=CC=C2N(C)C)cc1. The molecule has 8 heteroatoms. The summed E-state index contributed by atoms with van der Waals surface area (Å²) in [7, 11) is 0.615. The maximum absolute atomic E-state index is 11.8. The predicted octanol–water partition coefficient (Wildman–Crippen LogP) is 3.35. The predicted molar refractivity (Wildman–Crippen MR) is 128 cm³/mol. The Kier molecular flexibility index (Phi) is 7.78. The first-order valence-electron chi connectivity index (χ1n) is 10.7. The van der Waals surface area contributed by atoms with Crippen molar-refractivity contribution in [2.24, 2.45) is 0 Å². The number of allylic oxidation sites excluding steroid dienone is 4. The largest absolute Gasteiger partial charge is 0.378 e. The summed E-state index contributed by atoms with van der Waals surface area (Å²) < 4.78 is 31.5. The van der Waals surface area contributed by atoms with Crippen LogP contribution in [-0.2, 0) is 14.8 Å². The minimum absolute atomic E-state index is 0.0154. The molecule has 1 fully saturated rings. The zero-order valence-corrected chi connectivity index (χ0v) is 19.7. The Morgan fingerprint density at radius 2 is 1.91 bits per heavy atom. The molecule has 1 heterocycles. The number of ether oxygens (including phenoxy) is 1. The molecule has 0 spiro atoms. The molecule has 0 aromatic heterocycles. The highest BCUT2D eigenvalue weighted by Gasteiger charge is 2.18. The number of benzene rings is 1. The summed E-state index contributed by atoms with van der Waals surface area (Å²) in [4.78, 5) is 4.34. The molecule has 170 valence electrons.